The zero-order valence-corrected chi connectivity index (χ0v) is 9.18. The van der Waals surface area contributed by atoms with Gasteiger partial charge in [0.05, 0.1) is 11.8 Å². The van der Waals surface area contributed by atoms with Crippen molar-refractivity contribution in [1.29, 1.82) is 0 Å². The topological polar surface area (TPSA) is 79.4 Å². The fourth-order valence-corrected chi connectivity index (χ4v) is 1.56. The summed E-state index contributed by atoms with van der Waals surface area (Å²) >= 11 is 3.19. The Morgan fingerprint density at radius 3 is 2.79 bits per heavy atom. The van der Waals surface area contributed by atoms with Gasteiger partial charge < -0.3 is 15.9 Å². The van der Waals surface area contributed by atoms with Crippen LogP contribution in [0.25, 0.3) is 0 Å². The number of hydrogen-bond acceptors (Lipinski definition) is 4. The fraction of sp³-hybridized carbons (Fsp3) is 0.444. The van der Waals surface area contributed by atoms with Crippen LogP contribution >= 0.6 is 15.9 Å². The van der Waals surface area contributed by atoms with Crippen LogP contribution in [0.3, 0.4) is 0 Å². The molecule has 4 N–H and O–H groups in total. The Morgan fingerprint density at radius 1 is 1.50 bits per heavy atom. The molecule has 0 aliphatic heterocycles. The fourth-order valence-electron chi connectivity index (χ4n) is 1.09. The molecule has 2 atom stereocenters. The zero-order valence-electron chi connectivity index (χ0n) is 7.60. The molecule has 0 spiro atoms. The Hall–Kier alpha value is -0.650. The van der Waals surface area contributed by atoms with E-state index in [1.807, 2.05) is 0 Å². The number of aliphatic hydroxyl groups excluding tert-OH is 2. The van der Waals surface area contributed by atoms with Crippen LogP contribution in [-0.2, 0) is 0 Å². The quantitative estimate of drug-likeness (QED) is 0.702. The van der Waals surface area contributed by atoms with Crippen molar-refractivity contribution < 1.29 is 10.2 Å². The number of nitrogens with zero attached hydrogens (tertiary/aromatic N) is 1. The molecule has 5 heteroatoms. The molecule has 0 aliphatic carbocycles. The van der Waals surface area contributed by atoms with Crippen LogP contribution in [0.5, 0.6) is 0 Å². The zero-order chi connectivity index (χ0) is 10.6. The number of halogens is 1. The molecule has 1 aromatic heterocycles. The number of hydrogen-bond donors (Lipinski definition) is 3. The van der Waals surface area contributed by atoms with E-state index in [0.29, 0.717) is 23.1 Å². The summed E-state index contributed by atoms with van der Waals surface area (Å²) in [6.07, 6.45) is 0.187. The summed E-state index contributed by atoms with van der Waals surface area (Å²) < 4.78 is 0. The third kappa shape index (κ3) is 2.94. The van der Waals surface area contributed by atoms with Gasteiger partial charge in [0.15, 0.2) is 0 Å². The average molecular weight is 261 g/mol. The van der Waals surface area contributed by atoms with Gasteiger partial charge in [-0.15, -0.1) is 0 Å². The third-order valence-corrected chi connectivity index (χ3v) is 2.34. The van der Waals surface area contributed by atoms with E-state index in [1.54, 1.807) is 12.1 Å². The van der Waals surface area contributed by atoms with Gasteiger partial charge in [0.25, 0.3) is 0 Å². The monoisotopic (exact) mass is 260 g/mol. The molecule has 1 rings (SSSR count). The summed E-state index contributed by atoms with van der Waals surface area (Å²) in [4.78, 5) is 3.94. The standard InChI is InChI=1S/C9H13BrN2O2/c10-3-1-8(13)9(14)7-5-6(11)2-4-12-7/h2,4-5,8-9,13-14H,1,3H2,(H2,11,12). The number of nitrogen functional groups attached to an aromatic ring is 1. The first kappa shape index (κ1) is 11.4. The van der Waals surface area contributed by atoms with E-state index in [1.165, 1.54) is 6.20 Å². The Kier molecular flexibility index (Phi) is 4.31. The molecule has 0 amide bonds. The first-order valence-corrected chi connectivity index (χ1v) is 5.41. The molecule has 0 aromatic carbocycles. The smallest absolute Gasteiger partial charge is 0.122 e. The van der Waals surface area contributed by atoms with E-state index in [4.69, 9.17) is 5.73 Å². The van der Waals surface area contributed by atoms with Gasteiger partial charge >= 0.3 is 0 Å². The number of aliphatic hydroxyl groups is 2. The van der Waals surface area contributed by atoms with Crippen molar-refractivity contribution in [2.75, 3.05) is 11.1 Å². The van der Waals surface area contributed by atoms with E-state index < -0.39 is 12.2 Å². The number of nitrogens with two attached hydrogens (primary N) is 1. The first-order chi connectivity index (χ1) is 6.65. The lowest BCUT2D eigenvalue weighted by Crippen LogP contribution is -2.19. The summed E-state index contributed by atoms with van der Waals surface area (Å²) in [7, 11) is 0. The van der Waals surface area contributed by atoms with Crippen LogP contribution in [-0.4, -0.2) is 26.6 Å². The summed E-state index contributed by atoms with van der Waals surface area (Å²) in [5.74, 6) is 0. The molecule has 1 aromatic rings. The molecule has 1 heterocycles. The number of rotatable bonds is 4. The molecule has 0 bridgehead atoms. The van der Waals surface area contributed by atoms with Crippen LogP contribution < -0.4 is 5.73 Å². The van der Waals surface area contributed by atoms with E-state index in [2.05, 4.69) is 20.9 Å². The summed E-state index contributed by atoms with van der Waals surface area (Å²) in [5.41, 5.74) is 6.46. The highest BCUT2D eigenvalue weighted by atomic mass is 79.9. The van der Waals surface area contributed by atoms with E-state index in [0.717, 1.165) is 0 Å². The average Bonchev–Trinajstić information content (AvgIpc) is 2.17. The van der Waals surface area contributed by atoms with Gasteiger partial charge in [-0.25, -0.2) is 0 Å². The molecule has 0 saturated carbocycles. The molecule has 0 radical (unpaired) electrons. The summed E-state index contributed by atoms with van der Waals surface area (Å²) in [5, 5.41) is 19.8. The second kappa shape index (κ2) is 5.29. The predicted molar refractivity (Wildman–Crippen MR) is 58.0 cm³/mol. The molecule has 2 unspecified atom stereocenters. The van der Waals surface area contributed by atoms with Gasteiger partial charge in [-0.05, 0) is 18.6 Å². The molecular formula is C9H13BrN2O2. The van der Waals surface area contributed by atoms with Crippen molar-refractivity contribution in [3.8, 4) is 0 Å². The summed E-state index contributed by atoms with van der Waals surface area (Å²) in [6, 6.07) is 3.19. The van der Waals surface area contributed by atoms with E-state index >= 15 is 0 Å². The second-order valence-corrected chi connectivity index (χ2v) is 3.80. The van der Waals surface area contributed by atoms with Crippen LogP contribution in [0, 0.1) is 0 Å². The van der Waals surface area contributed by atoms with Crippen LogP contribution in [0.15, 0.2) is 18.3 Å². The Morgan fingerprint density at radius 2 is 2.21 bits per heavy atom. The van der Waals surface area contributed by atoms with Gasteiger partial charge in [0.1, 0.15) is 6.10 Å². The highest BCUT2D eigenvalue weighted by molar-refractivity contribution is 9.09. The van der Waals surface area contributed by atoms with E-state index in [9.17, 15) is 10.2 Å². The van der Waals surface area contributed by atoms with Crippen molar-refractivity contribution in [1.82, 2.24) is 4.98 Å². The maximum Gasteiger partial charge on any atom is 0.122 e. The van der Waals surface area contributed by atoms with Crippen molar-refractivity contribution >= 4 is 21.6 Å². The van der Waals surface area contributed by atoms with Gasteiger partial charge in [0, 0.05) is 17.2 Å². The number of anilines is 1. The molecular weight excluding hydrogens is 248 g/mol. The second-order valence-electron chi connectivity index (χ2n) is 3.00. The lowest BCUT2D eigenvalue weighted by Gasteiger charge is -2.16. The number of pyridine rings is 1. The maximum absolute atomic E-state index is 9.66. The lowest BCUT2D eigenvalue weighted by atomic mass is 10.1. The van der Waals surface area contributed by atoms with Gasteiger partial charge in [-0.2, -0.15) is 0 Å². The molecule has 0 fully saturated rings. The van der Waals surface area contributed by atoms with Gasteiger partial charge in [-0.1, -0.05) is 15.9 Å². The van der Waals surface area contributed by atoms with Crippen molar-refractivity contribution in [2.45, 2.75) is 18.6 Å². The highest BCUT2D eigenvalue weighted by Gasteiger charge is 2.18. The van der Waals surface area contributed by atoms with Gasteiger partial charge in [0.2, 0.25) is 0 Å². The first-order valence-electron chi connectivity index (χ1n) is 4.28. The Bertz CT molecular complexity index is 296. The summed E-state index contributed by atoms with van der Waals surface area (Å²) in [6.45, 7) is 0. The molecule has 4 nitrogen and oxygen atoms in total. The van der Waals surface area contributed by atoms with Crippen molar-refractivity contribution in [2.24, 2.45) is 0 Å². The van der Waals surface area contributed by atoms with Gasteiger partial charge in [-0.3, -0.25) is 4.98 Å². The van der Waals surface area contributed by atoms with Crippen molar-refractivity contribution in [3.63, 3.8) is 0 Å². The maximum atomic E-state index is 9.66. The largest absolute Gasteiger partial charge is 0.399 e. The minimum atomic E-state index is -0.976. The third-order valence-electron chi connectivity index (χ3n) is 1.88. The Balaban J connectivity index is 2.73. The van der Waals surface area contributed by atoms with Crippen molar-refractivity contribution in [3.05, 3.63) is 24.0 Å². The molecule has 78 valence electrons. The molecule has 0 aliphatic rings. The number of alkyl halides is 1. The normalized spacial score (nSPS) is 15.1. The minimum absolute atomic E-state index is 0.401. The highest BCUT2D eigenvalue weighted by Crippen LogP contribution is 2.18. The van der Waals surface area contributed by atoms with Crippen LogP contribution in [0.1, 0.15) is 18.2 Å². The lowest BCUT2D eigenvalue weighted by molar-refractivity contribution is 0.0148. The van der Waals surface area contributed by atoms with E-state index in [-0.39, 0.29) is 0 Å². The Labute approximate surface area is 90.9 Å². The number of aromatic nitrogens is 1. The van der Waals surface area contributed by atoms with Crippen LogP contribution in [0.4, 0.5) is 5.69 Å². The van der Waals surface area contributed by atoms with Crippen LogP contribution in [0.2, 0.25) is 0 Å². The minimum Gasteiger partial charge on any atom is -0.399 e. The SMILES string of the molecule is Nc1ccnc(C(O)C(O)CCBr)c1. The predicted octanol–water partition coefficient (Wildman–Crippen LogP) is 0.843. The molecule has 14 heavy (non-hydrogen) atoms. The molecule has 0 saturated heterocycles.